The molecule has 0 saturated carbocycles. The summed E-state index contributed by atoms with van der Waals surface area (Å²) >= 11 is 0. The van der Waals surface area contributed by atoms with Crippen LogP contribution in [0.3, 0.4) is 0 Å². The molecule has 0 aliphatic rings. The summed E-state index contributed by atoms with van der Waals surface area (Å²) in [6.45, 7) is 4.50. The highest BCUT2D eigenvalue weighted by Crippen LogP contribution is 2.28. The molecule has 0 fully saturated rings. The summed E-state index contributed by atoms with van der Waals surface area (Å²) in [7, 11) is 0. The van der Waals surface area contributed by atoms with Crippen molar-refractivity contribution in [2.75, 3.05) is 6.61 Å². The summed E-state index contributed by atoms with van der Waals surface area (Å²) in [4.78, 5) is 32.8. The van der Waals surface area contributed by atoms with Gasteiger partial charge in [0.25, 0.3) is 0 Å². The van der Waals surface area contributed by atoms with E-state index in [1.165, 1.54) is 57.8 Å². The molecule has 0 aliphatic heterocycles. The zero-order chi connectivity index (χ0) is 23.3. The molecule has 0 bridgehead atoms. The number of hydrogen-bond acceptors (Lipinski definition) is 5. The summed E-state index contributed by atoms with van der Waals surface area (Å²) in [5.41, 5.74) is 0.473. The monoisotopic (exact) mass is 446 g/mol. The topological polar surface area (TPSA) is 61.8 Å². The lowest BCUT2D eigenvalue weighted by molar-refractivity contribution is -0.214. The van der Waals surface area contributed by atoms with Gasteiger partial charge in [0.2, 0.25) is 5.75 Å². The second-order valence-electron chi connectivity index (χ2n) is 8.13. The molecule has 1 rings (SSSR count). The number of carbonyl (C=O) groups is 2. The molecule has 0 radical (unpaired) electrons. The van der Waals surface area contributed by atoms with Gasteiger partial charge in [-0.15, -0.1) is 0 Å². The summed E-state index contributed by atoms with van der Waals surface area (Å²) in [6, 6.07) is 4.70. The highest BCUT2D eigenvalue weighted by atomic mass is 17.2. The van der Waals surface area contributed by atoms with Crippen LogP contribution in [0.5, 0.6) is 11.5 Å². The van der Waals surface area contributed by atoms with Crippen molar-refractivity contribution in [2.45, 2.75) is 104 Å². The van der Waals surface area contributed by atoms with E-state index in [1.807, 2.05) is 6.92 Å². The average molecular weight is 447 g/mol. The normalized spacial score (nSPS) is 10.9. The Labute approximate surface area is 194 Å². The molecule has 32 heavy (non-hydrogen) atoms. The SMILES string of the molecule is CCCCCCCCC=CCCCCCCCC(=O)OOc1ccc(C=O)cc1OCC. The first-order valence-corrected chi connectivity index (χ1v) is 12.5. The minimum absolute atomic E-state index is 0.287. The van der Waals surface area contributed by atoms with Crippen molar-refractivity contribution in [3.8, 4) is 11.5 Å². The standard InChI is InChI=1S/C27H42O5/c1-3-5-6-7-8-9-10-11-12-13-14-15-16-17-18-19-27(29)32-31-25-21-20-24(23-28)22-26(25)30-4-2/h11-12,20-23H,3-10,13-19H2,1-2H3. The number of unbranched alkanes of at least 4 members (excludes halogenated alkanes) is 11. The number of rotatable bonds is 20. The zero-order valence-corrected chi connectivity index (χ0v) is 20.1. The van der Waals surface area contributed by atoms with E-state index in [9.17, 15) is 9.59 Å². The van der Waals surface area contributed by atoms with E-state index in [1.54, 1.807) is 18.2 Å². The smallest absolute Gasteiger partial charge is 0.355 e. The minimum atomic E-state index is -0.399. The molecule has 5 nitrogen and oxygen atoms in total. The fraction of sp³-hybridized carbons (Fsp3) is 0.630. The third kappa shape index (κ3) is 13.9. The molecule has 0 amide bonds. The van der Waals surface area contributed by atoms with E-state index in [-0.39, 0.29) is 5.75 Å². The molecular formula is C27H42O5. The van der Waals surface area contributed by atoms with Crippen molar-refractivity contribution in [1.29, 1.82) is 0 Å². The zero-order valence-electron chi connectivity index (χ0n) is 20.1. The molecule has 0 N–H and O–H groups in total. The molecule has 0 spiro atoms. The lowest BCUT2D eigenvalue weighted by atomic mass is 10.1. The first-order valence-electron chi connectivity index (χ1n) is 12.5. The number of aldehydes is 1. The predicted octanol–water partition coefficient (Wildman–Crippen LogP) is 7.77. The Morgan fingerprint density at radius 2 is 1.44 bits per heavy atom. The van der Waals surface area contributed by atoms with Gasteiger partial charge in [-0.25, -0.2) is 4.79 Å². The lowest BCUT2D eigenvalue weighted by Crippen LogP contribution is -2.08. The van der Waals surface area contributed by atoms with Crippen LogP contribution in [-0.2, 0) is 9.68 Å². The maximum absolute atomic E-state index is 11.9. The average Bonchev–Trinajstić information content (AvgIpc) is 2.80. The van der Waals surface area contributed by atoms with E-state index < -0.39 is 5.97 Å². The Morgan fingerprint density at radius 1 is 0.812 bits per heavy atom. The number of ether oxygens (including phenoxy) is 1. The van der Waals surface area contributed by atoms with Crippen molar-refractivity contribution < 1.29 is 24.1 Å². The molecule has 1 aromatic carbocycles. The number of carbonyl (C=O) groups excluding carboxylic acids is 2. The highest BCUT2D eigenvalue weighted by Gasteiger charge is 2.11. The maximum Gasteiger partial charge on any atom is 0.355 e. The van der Waals surface area contributed by atoms with Gasteiger partial charge in [0.05, 0.1) is 13.0 Å². The maximum atomic E-state index is 11.9. The first-order chi connectivity index (χ1) is 15.7. The summed E-state index contributed by atoms with van der Waals surface area (Å²) in [6.07, 6.45) is 21.5. The lowest BCUT2D eigenvalue weighted by Gasteiger charge is -2.10. The summed E-state index contributed by atoms with van der Waals surface area (Å²) in [5.74, 6) is 0.269. The summed E-state index contributed by atoms with van der Waals surface area (Å²) in [5, 5.41) is 0. The van der Waals surface area contributed by atoms with E-state index in [4.69, 9.17) is 14.5 Å². The van der Waals surface area contributed by atoms with Crippen LogP contribution in [0.1, 0.15) is 114 Å². The fourth-order valence-corrected chi connectivity index (χ4v) is 3.41. The van der Waals surface area contributed by atoms with Gasteiger partial charge < -0.3 is 4.74 Å². The second-order valence-corrected chi connectivity index (χ2v) is 8.13. The van der Waals surface area contributed by atoms with E-state index in [0.29, 0.717) is 24.3 Å². The van der Waals surface area contributed by atoms with E-state index >= 15 is 0 Å². The van der Waals surface area contributed by atoms with Gasteiger partial charge in [0.1, 0.15) is 6.29 Å². The number of benzene rings is 1. The van der Waals surface area contributed by atoms with Crippen LogP contribution in [0, 0.1) is 0 Å². The van der Waals surface area contributed by atoms with Gasteiger partial charge in [-0.2, -0.15) is 0 Å². The van der Waals surface area contributed by atoms with Crippen LogP contribution in [-0.4, -0.2) is 18.9 Å². The first kappa shape index (κ1) is 27.7. The Balaban J connectivity index is 2.02. The van der Waals surface area contributed by atoms with Crippen molar-refractivity contribution in [1.82, 2.24) is 0 Å². The van der Waals surface area contributed by atoms with Crippen LogP contribution in [0.4, 0.5) is 0 Å². The van der Waals surface area contributed by atoms with Crippen LogP contribution < -0.4 is 9.62 Å². The number of hydrogen-bond donors (Lipinski definition) is 0. The van der Waals surface area contributed by atoms with Gasteiger partial charge in [0.15, 0.2) is 5.75 Å². The molecule has 0 aromatic heterocycles. The molecule has 1 aromatic rings. The van der Waals surface area contributed by atoms with Gasteiger partial charge in [-0.1, -0.05) is 70.4 Å². The third-order valence-electron chi connectivity index (χ3n) is 5.27. The summed E-state index contributed by atoms with van der Waals surface area (Å²) < 4.78 is 5.42. The predicted molar refractivity (Wildman–Crippen MR) is 129 cm³/mol. The van der Waals surface area contributed by atoms with Gasteiger partial charge in [-0.3, -0.25) is 14.6 Å². The highest BCUT2D eigenvalue weighted by molar-refractivity contribution is 5.76. The molecule has 0 saturated heterocycles. The van der Waals surface area contributed by atoms with Crippen molar-refractivity contribution >= 4 is 12.3 Å². The minimum Gasteiger partial charge on any atom is -0.490 e. The Hall–Kier alpha value is -2.30. The Morgan fingerprint density at radius 3 is 2.06 bits per heavy atom. The molecule has 0 atom stereocenters. The quantitative estimate of drug-likeness (QED) is 0.0673. The van der Waals surface area contributed by atoms with Crippen LogP contribution in [0.25, 0.3) is 0 Å². The number of allylic oxidation sites excluding steroid dienone is 2. The van der Waals surface area contributed by atoms with E-state index in [2.05, 4.69) is 19.1 Å². The third-order valence-corrected chi connectivity index (χ3v) is 5.27. The fourth-order valence-electron chi connectivity index (χ4n) is 3.41. The Kier molecular flexibility index (Phi) is 16.8. The van der Waals surface area contributed by atoms with Crippen LogP contribution in [0.2, 0.25) is 0 Å². The molecule has 180 valence electrons. The van der Waals surface area contributed by atoms with Crippen molar-refractivity contribution in [3.05, 3.63) is 35.9 Å². The van der Waals surface area contributed by atoms with Gasteiger partial charge in [0, 0.05) is 5.56 Å². The molecular weight excluding hydrogens is 404 g/mol. The van der Waals surface area contributed by atoms with Crippen LogP contribution in [0.15, 0.2) is 30.4 Å². The largest absolute Gasteiger partial charge is 0.490 e. The molecule has 0 unspecified atom stereocenters. The van der Waals surface area contributed by atoms with Crippen molar-refractivity contribution in [3.63, 3.8) is 0 Å². The second kappa shape index (κ2) is 19.4. The molecule has 5 heteroatoms. The molecule has 0 heterocycles. The van der Waals surface area contributed by atoms with Gasteiger partial charge in [-0.05, 0) is 57.2 Å². The van der Waals surface area contributed by atoms with Crippen LogP contribution >= 0.6 is 0 Å². The van der Waals surface area contributed by atoms with Gasteiger partial charge >= 0.3 is 5.97 Å². The molecule has 0 aliphatic carbocycles. The van der Waals surface area contributed by atoms with E-state index in [0.717, 1.165) is 32.0 Å². The Bertz CT molecular complexity index is 653. The van der Waals surface area contributed by atoms with Crippen molar-refractivity contribution in [2.24, 2.45) is 0 Å².